The zero-order valence-corrected chi connectivity index (χ0v) is 12.1. The van der Waals surface area contributed by atoms with E-state index in [1.165, 1.54) is 0 Å². The molecule has 0 amide bonds. The molecule has 0 N–H and O–H groups in total. The van der Waals surface area contributed by atoms with Crippen LogP contribution in [-0.2, 0) is 18.9 Å². The predicted molar refractivity (Wildman–Crippen MR) is 72.7 cm³/mol. The fourth-order valence-corrected chi connectivity index (χ4v) is 2.27. The summed E-state index contributed by atoms with van der Waals surface area (Å²) in [6, 6.07) is 0. The molecule has 1 heterocycles. The van der Waals surface area contributed by atoms with Crippen molar-refractivity contribution in [2.75, 3.05) is 26.9 Å². The maximum absolute atomic E-state index is 5.73. The van der Waals surface area contributed by atoms with Crippen LogP contribution in [0.15, 0.2) is 24.0 Å². The summed E-state index contributed by atoms with van der Waals surface area (Å²) in [6.07, 6.45) is 8.29. The molecule has 108 valence electrons. The van der Waals surface area contributed by atoms with Crippen LogP contribution in [0.1, 0.15) is 26.7 Å². The molecule has 19 heavy (non-hydrogen) atoms. The zero-order valence-electron chi connectivity index (χ0n) is 12.1. The lowest BCUT2D eigenvalue weighted by atomic mass is 10.0. The number of hydrogen-bond donors (Lipinski definition) is 0. The van der Waals surface area contributed by atoms with Crippen molar-refractivity contribution in [3.8, 4) is 0 Å². The first-order valence-corrected chi connectivity index (χ1v) is 6.91. The second-order valence-electron chi connectivity index (χ2n) is 5.48. The van der Waals surface area contributed by atoms with E-state index in [4.69, 9.17) is 18.9 Å². The van der Waals surface area contributed by atoms with Gasteiger partial charge in [0.1, 0.15) is 5.76 Å². The lowest BCUT2D eigenvalue weighted by molar-refractivity contribution is -0.140. The Morgan fingerprint density at radius 3 is 2.84 bits per heavy atom. The van der Waals surface area contributed by atoms with Crippen molar-refractivity contribution < 1.29 is 18.9 Å². The summed E-state index contributed by atoms with van der Waals surface area (Å²) in [5, 5.41) is 0. The van der Waals surface area contributed by atoms with Crippen molar-refractivity contribution in [2.24, 2.45) is 5.92 Å². The van der Waals surface area contributed by atoms with E-state index in [1.807, 2.05) is 19.9 Å². The highest BCUT2D eigenvalue weighted by atomic mass is 16.7. The monoisotopic (exact) mass is 268 g/mol. The topological polar surface area (TPSA) is 36.9 Å². The van der Waals surface area contributed by atoms with Gasteiger partial charge < -0.3 is 18.9 Å². The third-order valence-electron chi connectivity index (χ3n) is 3.37. The summed E-state index contributed by atoms with van der Waals surface area (Å²) in [4.78, 5) is 0. The smallest absolute Gasteiger partial charge is 0.163 e. The van der Waals surface area contributed by atoms with Gasteiger partial charge in [-0.2, -0.15) is 0 Å². The van der Waals surface area contributed by atoms with Crippen LogP contribution in [0.3, 0.4) is 0 Å². The number of hydrogen-bond acceptors (Lipinski definition) is 4. The highest BCUT2D eigenvalue weighted by molar-refractivity contribution is 5.18. The Kier molecular flexibility index (Phi) is 5.02. The van der Waals surface area contributed by atoms with Gasteiger partial charge in [0.25, 0.3) is 0 Å². The number of rotatable bonds is 6. The van der Waals surface area contributed by atoms with Gasteiger partial charge in [-0.15, -0.1) is 0 Å². The first-order chi connectivity index (χ1) is 9.09. The molecule has 1 aliphatic heterocycles. The van der Waals surface area contributed by atoms with Gasteiger partial charge in [0.15, 0.2) is 5.79 Å². The molecule has 2 atom stereocenters. The summed E-state index contributed by atoms with van der Waals surface area (Å²) >= 11 is 0. The van der Waals surface area contributed by atoms with Gasteiger partial charge >= 0.3 is 0 Å². The summed E-state index contributed by atoms with van der Waals surface area (Å²) in [5.74, 6) is 0.962. The van der Waals surface area contributed by atoms with E-state index in [2.05, 4.69) is 12.2 Å². The Morgan fingerprint density at radius 1 is 1.42 bits per heavy atom. The molecular formula is C15H24O4. The van der Waals surface area contributed by atoms with Crippen molar-refractivity contribution in [3.05, 3.63) is 24.0 Å². The number of allylic oxidation sites excluding steroid dienone is 2. The van der Waals surface area contributed by atoms with E-state index >= 15 is 0 Å². The quantitative estimate of drug-likeness (QED) is 0.694. The van der Waals surface area contributed by atoms with Crippen molar-refractivity contribution >= 4 is 0 Å². The zero-order chi connectivity index (χ0) is 13.7. The molecular weight excluding hydrogens is 244 g/mol. The van der Waals surface area contributed by atoms with E-state index < -0.39 is 5.79 Å². The maximum atomic E-state index is 5.73. The van der Waals surface area contributed by atoms with Crippen molar-refractivity contribution in [3.63, 3.8) is 0 Å². The normalized spacial score (nSPS) is 29.3. The minimum absolute atomic E-state index is 0.164. The van der Waals surface area contributed by atoms with Crippen LogP contribution in [0, 0.1) is 5.92 Å². The first kappa shape index (κ1) is 14.6. The molecule has 2 aliphatic rings. The highest BCUT2D eigenvalue weighted by Gasteiger charge is 2.32. The Balaban J connectivity index is 1.56. The van der Waals surface area contributed by atoms with E-state index in [9.17, 15) is 0 Å². The van der Waals surface area contributed by atoms with E-state index in [0.29, 0.717) is 12.5 Å². The molecule has 0 aromatic carbocycles. The molecule has 4 heteroatoms. The van der Waals surface area contributed by atoms with Crippen LogP contribution in [-0.4, -0.2) is 38.8 Å². The fraction of sp³-hybridized carbons (Fsp3) is 0.733. The molecule has 1 aliphatic carbocycles. The molecule has 0 spiro atoms. The van der Waals surface area contributed by atoms with Crippen molar-refractivity contribution in [1.29, 1.82) is 0 Å². The van der Waals surface area contributed by atoms with Crippen LogP contribution in [0.4, 0.5) is 0 Å². The van der Waals surface area contributed by atoms with Gasteiger partial charge in [-0.1, -0.05) is 6.08 Å². The summed E-state index contributed by atoms with van der Waals surface area (Å²) in [5.41, 5.74) is 0. The SMILES string of the molecule is COC1=CCC(COCC[C@H]2COC(C)(C)O2)C=C1. The van der Waals surface area contributed by atoms with Gasteiger partial charge in [0.05, 0.1) is 26.4 Å². The average molecular weight is 268 g/mol. The third kappa shape index (κ3) is 4.64. The summed E-state index contributed by atoms with van der Waals surface area (Å²) in [7, 11) is 1.69. The van der Waals surface area contributed by atoms with Gasteiger partial charge in [-0.3, -0.25) is 0 Å². The molecule has 0 aromatic rings. The minimum Gasteiger partial charge on any atom is -0.497 e. The summed E-state index contributed by atoms with van der Waals surface area (Å²) < 4.78 is 22.1. The van der Waals surface area contributed by atoms with Crippen LogP contribution in [0.2, 0.25) is 0 Å². The fourth-order valence-electron chi connectivity index (χ4n) is 2.27. The Labute approximate surface area is 115 Å². The van der Waals surface area contributed by atoms with Crippen molar-refractivity contribution in [2.45, 2.75) is 38.6 Å². The predicted octanol–water partition coefficient (Wildman–Crippen LogP) is 2.65. The largest absolute Gasteiger partial charge is 0.497 e. The second-order valence-corrected chi connectivity index (χ2v) is 5.48. The first-order valence-electron chi connectivity index (χ1n) is 6.91. The number of methoxy groups -OCH3 is 1. The Morgan fingerprint density at radius 2 is 2.26 bits per heavy atom. The molecule has 1 unspecified atom stereocenters. The van der Waals surface area contributed by atoms with Gasteiger partial charge in [-0.05, 0) is 38.8 Å². The minimum atomic E-state index is -0.432. The lowest BCUT2D eigenvalue weighted by Gasteiger charge is -2.18. The lowest BCUT2D eigenvalue weighted by Crippen LogP contribution is -2.22. The van der Waals surface area contributed by atoms with Crippen LogP contribution >= 0.6 is 0 Å². The van der Waals surface area contributed by atoms with Crippen molar-refractivity contribution in [1.82, 2.24) is 0 Å². The van der Waals surface area contributed by atoms with E-state index in [1.54, 1.807) is 7.11 Å². The molecule has 0 radical (unpaired) electrons. The third-order valence-corrected chi connectivity index (χ3v) is 3.37. The van der Waals surface area contributed by atoms with Gasteiger partial charge in [0.2, 0.25) is 0 Å². The molecule has 1 fully saturated rings. The molecule has 0 aromatic heterocycles. The molecule has 2 rings (SSSR count). The van der Waals surface area contributed by atoms with Gasteiger partial charge in [-0.25, -0.2) is 0 Å². The van der Waals surface area contributed by atoms with E-state index in [0.717, 1.165) is 31.8 Å². The average Bonchev–Trinajstić information content (AvgIpc) is 2.75. The number of ether oxygens (including phenoxy) is 4. The molecule has 0 saturated carbocycles. The summed E-state index contributed by atoms with van der Waals surface area (Å²) in [6.45, 7) is 6.02. The van der Waals surface area contributed by atoms with E-state index in [-0.39, 0.29) is 6.10 Å². The van der Waals surface area contributed by atoms with Crippen LogP contribution in [0.5, 0.6) is 0 Å². The Hall–Kier alpha value is -0.840. The van der Waals surface area contributed by atoms with Crippen LogP contribution in [0.25, 0.3) is 0 Å². The van der Waals surface area contributed by atoms with Crippen LogP contribution < -0.4 is 0 Å². The second kappa shape index (κ2) is 6.55. The Bertz CT molecular complexity index is 346. The molecule has 1 saturated heterocycles. The molecule has 0 bridgehead atoms. The van der Waals surface area contributed by atoms with Gasteiger partial charge in [0, 0.05) is 12.5 Å². The standard InChI is InChI=1S/C15H24O4/c1-15(2)18-11-14(19-15)8-9-17-10-12-4-6-13(16-3)7-5-12/h4,6-7,12,14H,5,8-11H2,1-3H3/t12?,14-/m0/s1. The highest BCUT2D eigenvalue weighted by Crippen LogP contribution is 2.24. The molecule has 4 nitrogen and oxygen atoms in total. The maximum Gasteiger partial charge on any atom is 0.163 e.